The minimum absolute atomic E-state index is 0.0676. The van der Waals surface area contributed by atoms with Crippen LogP contribution in [0.3, 0.4) is 0 Å². The van der Waals surface area contributed by atoms with Crippen molar-refractivity contribution in [3.63, 3.8) is 0 Å². The van der Waals surface area contributed by atoms with Gasteiger partial charge in [0.1, 0.15) is 9.88 Å². The second-order valence-corrected chi connectivity index (χ2v) is 6.98. The van der Waals surface area contributed by atoms with E-state index in [1.54, 1.807) is 17.1 Å². The van der Waals surface area contributed by atoms with Gasteiger partial charge in [0.2, 0.25) is 0 Å². The van der Waals surface area contributed by atoms with Crippen molar-refractivity contribution in [3.05, 3.63) is 23.5 Å². The fourth-order valence-corrected chi connectivity index (χ4v) is 3.68. The summed E-state index contributed by atoms with van der Waals surface area (Å²) in [6.45, 7) is 3.57. The summed E-state index contributed by atoms with van der Waals surface area (Å²) < 4.78 is 1.73. The third-order valence-corrected chi connectivity index (χ3v) is 5.19. The van der Waals surface area contributed by atoms with E-state index in [-0.39, 0.29) is 11.9 Å². The molecule has 1 fully saturated rings. The number of nitrogens with two attached hydrogens (primary N) is 1. The molecule has 1 amide bonds. The van der Waals surface area contributed by atoms with Gasteiger partial charge >= 0.3 is 0 Å². The first-order valence-corrected chi connectivity index (χ1v) is 8.36. The third kappa shape index (κ3) is 3.05. The molecule has 2 aromatic rings. The zero-order chi connectivity index (χ0) is 15.7. The SMILES string of the molecule is C[C@H](N)[C@@H]1CCCN(C(=O)c2cnc(-c3cnn(C)c3)s2)C1. The summed E-state index contributed by atoms with van der Waals surface area (Å²) in [6, 6.07) is 0.128. The molecule has 1 aliphatic rings. The lowest BCUT2D eigenvalue weighted by Crippen LogP contribution is -2.44. The van der Waals surface area contributed by atoms with E-state index in [0.717, 1.165) is 36.5 Å². The van der Waals surface area contributed by atoms with Crippen LogP contribution >= 0.6 is 11.3 Å². The molecule has 0 saturated carbocycles. The topological polar surface area (TPSA) is 77.0 Å². The van der Waals surface area contributed by atoms with Gasteiger partial charge in [0.25, 0.3) is 5.91 Å². The van der Waals surface area contributed by atoms with Crippen molar-refractivity contribution in [3.8, 4) is 10.6 Å². The van der Waals surface area contributed by atoms with E-state index >= 15 is 0 Å². The fourth-order valence-electron chi connectivity index (χ4n) is 2.82. The first kappa shape index (κ1) is 15.2. The Labute approximate surface area is 133 Å². The van der Waals surface area contributed by atoms with E-state index in [0.29, 0.717) is 10.8 Å². The molecule has 7 heteroatoms. The largest absolute Gasteiger partial charge is 0.338 e. The number of piperidine rings is 1. The molecule has 3 rings (SSSR count). The van der Waals surface area contributed by atoms with Crippen LogP contribution < -0.4 is 5.73 Å². The van der Waals surface area contributed by atoms with Crippen LogP contribution in [0.2, 0.25) is 0 Å². The van der Waals surface area contributed by atoms with Gasteiger partial charge in [-0.2, -0.15) is 5.10 Å². The molecule has 1 saturated heterocycles. The zero-order valence-corrected chi connectivity index (χ0v) is 13.7. The van der Waals surface area contributed by atoms with E-state index in [4.69, 9.17) is 5.73 Å². The molecular weight excluding hydrogens is 298 g/mol. The van der Waals surface area contributed by atoms with E-state index in [1.807, 2.05) is 25.1 Å². The van der Waals surface area contributed by atoms with E-state index < -0.39 is 0 Å². The molecule has 0 aromatic carbocycles. The fraction of sp³-hybridized carbons (Fsp3) is 0.533. The number of aryl methyl sites for hydroxylation is 1. The Morgan fingerprint density at radius 2 is 2.32 bits per heavy atom. The van der Waals surface area contributed by atoms with Gasteiger partial charge < -0.3 is 10.6 Å². The molecule has 1 aliphatic heterocycles. The molecule has 0 radical (unpaired) electrons. The second-order valence-electron chi connectivity index (χ2n) is 5.94. The summed E-state index contributed by atoms with van der Waals surface area (Å²) in [7, 11) is 1.87. The monoisotopic (exact) mass is 319 g/mol. The maximum Gasteiger partial charge on any atom is 0.265 e. The van der Waals surface area contributed by atoms with E-state index in [1.165, 1.54) is 11.3 Å². The van der Waals surface area contributed by atoms with Crippen molar-refractivity contribution in [2.75, 3.05) is 13.1 Å². The first-order chi connectivity index (χ1) is 10.5. The Bertz CT molecular complexity index is 662. The quantitative estimate of drug-likeness (QED) is 0.935. The van der Waals surface area contributed by atoms with Crippen LogP contribution in [0, 0.1) is 5.92 Å². The molecular formula is C15H21N5OS. The molecule has 0 bridgehead atoms. The van der Waals surface area contributed by atoms with Crippen molar-refractivity contribution < 1.29 is 4.79 Å². The van der Waals surface area contributed by atoms with Gasteiger partial charge in [-0.25, -0.2) is 4.98 Å². The lowest BCUT2D eigenvalue weighted by Gasteiger charge is -2.34. The molecule has 2 atom stereocenters. The minimum atomic E-state index is 0.0676. The van der Waals surface area contributed by atoms with Gasteiger partial charge in [0, 0.05) is 37.9 Å². The number of likely N-dealkylation sites (tertiary alicyclic amines) is 1. The number of carbonyl (C=O) groups excluding carboxylic acids is 1. The predicted octanol–water partition coefficient (Wildman–Crippen LogP) is 1.74. The van der Waals surface area contributed by atoms with Crippen LogP contribution in [0.4, 0.5) is 0 Å². The number of nitrogens with zero attached hydrogens (tertiary/aromatic N) is 4. The molecule has 0 unspecified atom stereocenters. The van der Waals surface area contributed by atoms with E-state index in [9.17, 15) is 4.79 Å². The highest BCUT2D eigenvalue weighted by molar-refractivity contribution is 7.16. The number of rotatable bonds is 3. The van der Waals surface area contributed by atoms with Crippen LogP contribution in [0.5, 0.6) is 0 Å². The summed E-state index contributed by atoms with van der Waals surface area (Å²) in [4.78, 5) is 19.6. The zero-order valence-electron chi connectivity index (χ0n) is 12.9. The third-order valence-electron chi connectivity index (χ3n) is 4.16. The lowest BCUT2D eigenvalue weighted by molar-refractivity contribution is 0.0665. The Morgan fingerprint density at radius 3 is 3.00 bits per heavy atom. The van der Waals surface area contributed by atoms with Crippen molar-refractivity contribution >= 4 is 17.2 Å². The number of thiazole rings is 1. The van der Waals surface area contributed by atoms with Crippen LogP contribution in [0.25, 0.3) is 10.6 Å². The average molecular weight is 319 g/mol. The van der Waals surface area contributed by atoms with E-state index in [2.05, 4.69) is 10.1 Å². The minimum Gasteiger partial charge on any atom is -0.338 e. The summed E-state index contributed by atoms with van der Waals surface area (Å²) >= 11 is 1.42. The molecule has 2 aromatic heterocycles. The van der Waals surface area contributed by atoms with Crippen molar-refractivity contribution in [2.45, 2.75) is 25.8 Å². The smallest absolute Gasteiger partial charge is 0.265 e. The number of carbonyl (C=O) groups is 1. The van der Waals surface area contributed by atoms with Crippen molar-refractivity contribution in [1.29, 1.82) is 0 Å². The number of aromatic nitrogens is 3. The molecule has 0 spiro atoms. The number of hydrogen-bond acceptors (Lipinski definition) is 5. The predicted molar refractivity (Wildman–Crippen MR) is 86.6 cm³/mol. The molecule has 22 heavy (non-hydrogen) atoms. The highest BCUT2D eigenvalue weighted by Gasteiger charge is 2.27. The van der Waals surface area contributed by atoms with Crippen LogP contribution in [0.15, 0.2) is 18.6 Å². The van der Waals surface area contributed by atoms with Gasteiger partial charge in [-0.15, -0.1) is 11.3 Å². The number of hydrogen-bond donors (Lipinski definition) is 1. The maximum absolute atomic E-state index is 12.7. The van der Waals surface area contributed by atoms with Gasteiger partial charge in [-0.1, -0.05) is 0 Å². The van der Waals surface area contributed by atoms with Gasteiger partial charge in [0.15, 0.2) is 0 Å². The lowest BCUT2D eigenvalue weighted by atomic mass is 9.92. The molecule has 118 valence electrons. The number of amides is 1. The average Bonchev–Trinajstić information content (AvgIpc) is 3.15. The maximum atomic E-state index is 12.7. The highest BCUT2D eigenvalue weighted by atomic mass is 32.1. The van der Waals surface area contributed by atoms with Crippen molar-refractivity contribution in [2.24, 2.45) is 18.7 Å². The van der Waals surface area contributed by atoms with Gasteiger partial charge in [-0.3, -0.25) is 9.48 Å². The summed E-state index contributed by atoms with van der Waals surface area (Å²) in [5.74, 6) is 0.460. The Kier molecular flexibility index (Phi) is 4.26. The van der Waals surface area contributed by atoms with Crippen molar-refractivity contribution in [1.82, 2.24) is 19.7 Å². The Balaban J connectivity index is 1.74. The molecule has 3 heterocycles. The van der Waals surface area contributed by atoms with Crippen LogP contribution in [0.1, 0.15) is 29.4 Å². The molecule has 2 N–H and O–H groups in total. The molecule has 6 nitrogen and oxygen atoms in total. The van der Waals surface area contributed by atoms with Crippen LogP contribution in [-0.4, -0.2) is 44.7 Å². The first-order valence-electron chi connectivity index (χ1n) is 7.54. The molecule has 0 aliphatic carbocycles. The summed E-state index contributed by atoms with van der Waals surface area (Å²) in [6.07, 6.45) is 7.46. The van der Waals surface area contributed by atoms with Crippen LogP contribution in [-0.2, 0) is 7.05 Å². The normalized spacial score (nSPS) is 20.1. The Hall–Kier alpha value is -1.73. The second kappa shape index (κ2) is 6.18. The highest BCUT2D eigenvalue weighted by Crippen LogP contribution is 2.27. The summed E-state index contributed by atoms with van der Waals surface area (Å²) in [5, 5.41) is 4.97. The van der Waals surface area contributed by atoms with Gasteiger partial charge in [0.05, 0.1) is 12.4 Å². The Morgan fingerprint density at radius 1 is 1.50 bits per heavy atom. The summed E-state index contributed by atoms with van der Waals surface area (Å²) in [5.41, 5.74) is 6.94. The standard InChI is InChI=1S/C15H21N5OS/c1-10(16)11-4-3-5-20(9-11)15(21)13-7-17-14(22-13)12-6-18-19(2)8-12/h6-8,10-11H,3-5,9,16H2,1-2H3/t10-,11+/m0/s1. The van der Waals surface area contributed by atoms with Gasteiger partial charge in [-0.05, 0) is 25.7 Å².